The number of fused-ring (bicyclic) bond motifs is 1. The standard InChI is InChI=1S/C14H14N4OS2/c1-2-8-4-3-5-9-10(6-16-12(8)9)11(19)7-20-14-18-17-13(15)21-14/h3-6,16H,2,7H2,1H3,(H2,15,17). The summed E-state index contributed by atoms with van der Waals surface area (Å²) in [5.74, 6) is 0.408. The molecule has 2 aromatic heterocycles. The molecule has 3 rings (SSSR count). The number of nitrogens with zero attached hydrogens (tertiary/aromatic N) is 2. The highest BCUT2D eigenvalue weighted by Crippen LogP contribution is 2.27. The van der Waals surface area contributed by atoms with Crippen LogP contribution in [0.3, 0.4) is 0 Å². The summed E-state index contributed by atoms with van der Waals surface area (Å²) in [5, 5.41) is 9.05. The van der Waals surface area contributed by atoms with Gasteiger partial charge in [-0.05, 0) is 12.0 Å². The van der Waals surface area contributed by atoms with E-state index >= 15 is 0 Å². The Morgan fingerprint density at radius 3 is 3.00 bits per heavy atom. The van der Waals surface area contributed by atoms with Crippen LogP contribution in [0.25, 0.3) is 10.9 Å². The van der Waals surface area contributed by atoms with Gasteiger partial charge in [0.1, 0.15) is 0 Å². The quantitative estimate of drug-likeness (QED) is 0.557. The zero-order chi connectivity index (χ0) is 14.8. The molecule has 0 aliphatic heterocycles. The van der Waals surface area contributed by atoms with E-state index in [1.807, 2.05) is 12.1 Å². The highest BCUT2D eigenvalue weighted by Gasteiger charge is 2.14. The number of nitrogens with one attached hydrogen (secondary N) is 1. The van der Waals surface area contributed by atoms with E-state index in [0.29, 0.717) is 10.9 Å². The van der Waals surface area contributed by atoms with Gasteiger partial charge >= 0.3 is 0 Å². The maximum Gasteiger partial charge on any atom is 0.203 e. The molecule has 0 radical (unpaired) electrons. The summed E-state index contributed by atoms with van der Waals surface area (Å²) in [5.41, 5.74) is 8.52. The number of ketones is 1. The zero-order valence-electron chi connectivity index (χ0n) is 11.4. The van der Waals surface area contributed by atoms with E-state index < -0.39 is 0 Å². The van der Waals surface area contributed by atoms with Crippen LogP contribution < -0.4 is 5.73 Å². The number of rotatable bonds is 5. The Hall–Kier alpha value is -1.86. The molecule has 108 valence electrons. The third-order valence-electron chi connectivity index (χ3n) is 3.23. The van der Waals surface area contributed by atoms with Crippen LogP contribution >= 0.6 is 23.1 Å². The Kier molecular flexibility index (Phi) is 3.94. The molecule has 7 heteroatoms. The Labute approximate surface area is 130 Å². The van der Waals surface area contributed by atoms with Crippen LogP contribution in [-0.4, -0.2) is 26.7 Å². The molecular formula is C14H14N4OS2. The predicted octanol–water partition coefficient (Wildman–Crippen LogP) is 3.14. The fourth-order valence-electron chi connectivity index (χ4n) is 2.23. The van der Waals surface area contributed by atoms with Crippen molar-refractivity contribution in [1.82, 2.24) is 15.2 Å². The fourth-order valence-corrected chi connectivity index (χ4v) is 3.75. The summed E-state index contributed by atoms with van der Waals surface area (Å²) in [7, 11) is 0. The Bertz CT molecular complexity index is 793. The molecule has 0 aliphatic carbocycles. The van der Waals surface area contributed by atoms with Crippen LogP contribution in [0.2, 0.25) is 0 Å². The van der Waals surface area contributed by atoms with Crippen LogP contribution in [0.15, 0.2) is 28.7 Å². The van der Waals surface area contributed by atoms with Gasteiger partial charge in [0.05, 0.1) is 5.75 Å². The van der Waals surface area contributed by atoms with Gasteiger partial charge in [-0.25, -0.2) is 0 Å². The number of thioether (sulfide) groups is 1. The number of H-pyrrole nitrogens is 1. The average molecular weight is 318 g/mol. The van der Waals surface area contributed by atoms with Crippen molar-refractivity contribution in [3.63, 3.8) is 0 Å². The molecule has 0 fully saturated rings. The maximum absolute atomic E-state index is 12.4. The van der Waals surface area contributed by atoms with E-state index in [4.69, 9.17) is 5.73 Å². The summed E-state index contributed by atoms with van der Waals surface area (Å²) in [4.78, 5) is 15.6. The lowest BCUT2D eigenvalue weighted by molar-refractivity contribution is 0.102. The lowest BCUT2D eigenvalue weighted by Crippen LogP contribution is -2.01. The number of Topliss-reactive ketones (excluding diaryl/α,β-unsaturated/α-hetero) is 1. The number of para-hydroxylation sites is 1. The van der Waals surface area contributed by atoms with Gasteiger partial charge in [-0.3, -0.25) is 4.79 Å². The number of nitrogen functional groups attached to an aromatic ring is 1. The Morgan fingerprint density at radius 2 is 2.29 bits per heavy atom. The summed E-state index contributed by atoms with van der Waals surface area (Å²) in [6.07, 6.45) is 2.73. The van der Waals surface area contributed by atoms with Gasteiger partial charge in [-0.1, -0.05) is 48.2 Å². The van der Waals surface area contributed by atoms with Crippen molar-refractivity contribution in [2.45, 2.75) is 17.7 Å². The van der Waals surface area contributed by atoms with Crippen LogP contribution in [0.4, 0.5) is 5.13 Å². The first-order chi connectivity index (χ1) is 10.2. The molecule has 0 aliphatic rings. The molecular weight excluding hydrogens is 304 g/mol. The van der Waals surface area contributed by atoms with E-state index in [-0.39, 0.29) is 5.78 Å². The first kappa shape index (κ1) is 14.1. The van der Waals surface area contributed by atoms with Gasteiger partial charge in [0.15, 0.2) is 10.1 Å². The molecule has 1 aromatic carbocycles. The van der Waals surface area contributed by atoms with Crippen molar-refractivity contribution in [1.29, 1.82) is 0 Å². The van der Waals surface area contributed by atoms with Crippen LogP contribution in [-0.2, 0) is 6.42 Å². The minimum absolute atomic E-state index is 0.0771. The topological polar surface area (TPSA) is 84.7 Å². The second-order valence-electron chi connectivity index (χ2n) is 4.51. The fraction of sp³-hybridized carbons (Fsp3) is 0.214. The van der Waals surface area contributed by atoms with Gasteiger partial charge in [-0.2, -0.15) is 0 Å². The average Bonchev–Trinajstić information content (AvgIpc) is 3.10. The second kappa shape index (κ2) is 5.87. The smallest absolute Gasteiger partial charge is 0.203 e. The van der Waals surface area contributed by atoms with E-state index in [1.54, 1.807) is 6.20 Å². The third kappa shape index (κ3) is 2.79. The molecule has 0 atom stereocenters. The number of hydrogen-bond acceptors (Lipinski definition) is 6. The minimum Gasteiger partial charge on any atom is -0.374 e. The molecule has 0 saturated carbocycles. The lowest BCUT2D eigenvalue weighted by atomic mass is 10.1. The van der Waals surface area contributed by atoms with E-state index in [0.717, 1.165) is 27.2 Å². The molecule has 21 heavy (non-hydrogen) atoms. The normalized spacial score (nSPS) is 11.1. The molecule has 0 spiro atoms. The molecule has 0 saturated heterocycles. The number of carbonyl (C=O) groups is 1. The van der Waals surface area contributed by atoms with Crippen LogP contribution in [0.1, 0.15) is 22.8 Å². The number of carbonyl (C=O) groups excluding carboxylic acids is 1. The predicted molar refractivity (Wildman–Crippen MR) is 87.1 cm³/mol. The minimum atomic E-state index is 0.0771. The molecule has 3 N–H and O–H groups in total. The zero-order valence-corrected chi connectivity index (χ0v) is 13.1. The highest BCUT2D eigenvalue weighted by molar-refractivity contribution is 8.01. The van der Waals surface area contributed by atoms with E-state index in [1.165, 1.54) is 28.7 Å². The third-order valence-corrected chi connectivity index (χ3v) is 5.12. The van der Waals surface area contributed by atoms with Crippen LogP contribution in [0, 0.1) is 0 Å². The lowest BCUT2D eigenvalue weighted by Gasteiger charge is -2.00. The SMILES string of the molecule is CCc1cccc2c(C(=O)CSc3nnc(N)s3)c[nH]c12. The number of benzene rings is 1. The maximum atomic E-state index is 12.4. The van der Waals surface area contributed by atoms with Gasteiger partial charge in [0, 0.05) is 22.7 Å². The van der Waals surface area contributed by atoms with Crippen LogP contribution in [0.5, 0.6) is 0 Å². The highest BCUT2D eigenvalue weighted by atomic mass is 32.2. The summed E-state index contributed by atoms with van der Waals surface area (Å²) >= 11 is 2.66. The number of anilines is 1. The van der Waals surface area contributed by atoms with Gasteiger partial charge < -0.3 is 10.7 Å². The van der Waals surface area contributed by atoms with Crippen molar-refractivity contribution in [3.8, 4) is 0 Å². The number of aromatic amines is 1. The molecule has 2 heterocycles. The second-order valence-corrected chi connectivity index (χ2v) is 6.75. The number of nitrogens with two attached hydrogens (primary N) is 1. The summed E-state index contributed by atoms with van der Waals surface area (Å²) in [6.45, 7) is 2.10. The van der Waals surface area contributed by atoms with E-state index in [2.05, 4.69) is 28.2 Å². The monoisotopic (exact) mass is 318 g/mol. The van der Waals surface area contributed by atoms with Gasteiger partial charge in [-0.15, -0.1) is 10.2 Å². The first-order valence-electron chi connectivity index (χ1n) is 6.53. The number of aromatic nitrogens is 3. The number of hydrogen-bond donors (Lipinski definition) is 2. The molecule has 0 unspecified atom stereocenters. The van der Waals surface area contributed by atoms with Crippen molar-refractivity contribution >= 4 is 44.9 Å². The Morgan fingerprint density at radius 1 is 1.43 bits per heavy atom. The summed E-state index contributed by atoms with van der Waals surface area (Å²) in [6, 6.07) is 6.04. The summed E-state index contributed by atoms with van der Waals surface area (Å²) < 4.78 is 0.718. The van der Waals surface area contributed by atoms with E-state index in [9.17, 15) is 4.79 Å². The number of aryl methyl sites for hydroxylation is 1. The molecule has 0 bridgehead atoms. The van der Waals surface area contributed by atoms with Crippen molar-refractivity contribution in [2.24, 2.45) is 0 Å². The first-order valence-corrected chi connectivity index (χ1v) is 8.33. The Balaban J connectivity index is 1.81. The largest absolute Gasteiger partial charge is 0.374 e. The van der Waals surface area contributed by atoms with Crippen molar-refractivity contribution in [3.05, 3.63) is 35.5 Å². The van der Waals surface area contributed by atoms with Gasteiger partial charge in [0.25, 0.3) is 0 Å². The van der Waals surface area contributed by atoms with Gasteiger partial charge in [0.2, 0.25) is 5.13 Å². The van der Waals surface area contributed by atoms with Crippen molar-refractivity contribution < 1.29 is 4.79 Å². The molecule has 0 amide bonds. The molecule has 3 aromatic rings. The molecule has 5 nitrogen and oxygen atoms in total. The van der Waals surface area contributed by atoms with Crippen molar-refractivity contribution in [2.75, 3.05) is 11.5 Å².